The molecule has 2 aromatic carbocycles. The fraction of sp³-hybridized carbons (Fsp3) is 0.120. The van der Waals surface area contributed by atoms with Crippen LogP contribution in [0.5, 0.6) is 0 Å². The summed E-state index contributed by atoms with van der Waals surface area (Å²) in [7, 11) is 0. The van der Waals surface area contributed by atoms with Crippen molar-refractivity contribution < 1.29 is 9.18 Å². The summed E-state index contributed by atoms with van der Waals surface area (Å²) in [6, 6.07) is 18.4. The van der Waals surface area contributed by atoms with Crippen LogP contribution in [0.1, 0.15) is 35.6 Å². The lowest BCUT2D eigenvalue weighted by Crippen LogP contribution is -2.22. The molecule has 1 N–H and O–H groups in total. The molecular weight excluding hydrogens is 399 g/mol. The van der Waals surface area contributed by atoms with Crippen molar-refractivity contribution in [1.29, 1.82) is 0 Å². The number of amides is 1. The Kier molecular flexibility index (Phi) is 6.80. The molecule has 1 heterocycles. The van der Waals surface area contributed by atoms with E-state index in [-0.39, 0.29) is 30.6 Å². The number of fused-ring (bicyclic) bond motifs is 1. The highest BCUT2D eigenvalue weighted by molar-refractivity contribution is 6.08. The molecule has 3 nitrogen and oxygen atoms in total. The average molecular weight is 421 g/mol. The predicted molar refractivity (Wildman–Crippen MR) is 121 cm³/mol. The fourth-order valence-electron chi connectivity index (χ4n) is 3.63. The van der Waals surface area contributed by atoms with Gasteiger partial charge in [-0.3, -0.25) is 9.78 Å². The number of allylic oxidation sites excluding steroid dienone is 2. The van der Waals surface area contributed by atoms with Gasteiger partial charge in [0.25, 0.3) is 0 Å². The van der Waals surface area contributed by atoms with E-state index in [9.17, 15) is 9.18 Å². The number of hydrogen-bond acceptors (Lipinski definition) is 2. The Labute approximate surface area is 181 Å². The van der Waals surface area contributed by atoms with Gasteiger partial charge in [-0.25, -0.2) is 4.39 Å². The quantitative estimate of drug-likeness (QED) is 0.577. The van der Waals surface area contributed by atoms with Gasteiger partial charge in [-0.05, 0) is 76.2 Å². The van der Waals surface area contributed by atoms with Crippen molar-refractivity contribution in [3.63, 3.8) is 0 Å². The summed E-state index contributed by atoms with van der Waals surface area (Å²) in [5, 5.41) is 2.96. The summed E-state index contributed by atoms with van der Waals surface area (Å²) in [6.07, 6.45) is 5.75. The molecular formula is C25H22ClFN2O. The highest BCUT2D eigenvalue weighted by Gasteiger charge is 2.25. The largest absolute Gasteiger partial charge is 0.352 e. The molecule has 4 rings (SSSR count). The average Bonchev–Trinajstić information content (AvgIpc) is 2.99. The van der Waals surface area contributed by atoms with Crippen LogP contribution < -0.4 is 5.32 Å². The van der Waals surface area contributed by atoms with E-state index < -0.39 is 0 Å². The molecule has 0 atom stereocenters. The molecule has 0 bridgehead atoms. The number of nitrogens with zero attached hydrogens (tertiary/aromatic N) is 1. The Morgan fingerprint density at radius 3 is 2.50 bits per heavy atom. The van der Waals surface area contributed by atoms with Gasteiger partial charge >= 0.3 is 0 Å². The van der Waals surface area contributed by atoms with E-state index in [1.165, 1.54) is 12.1 Å². The fourth-order valence-corrected chi connectivity index (χ4v) is 3.63. The molecule has 0 radical (unpaired) electrons. The monoisotopic (exact) mass is 420 g/mol. The SMILES string of the molecule is CC1=C(CC(=O)NCc2ccccc2)c2cc(F)ccc2/C1=C\c1ccncc1.Cl. The third-order valence-electron chi connectivity index (χ3n) is 5.14. The molecule has 1 amide bonds. The molecule has 0 unspecified atom stereocenters. The van der Waals surface area contributed by atoms with E-state index in [0.29, 0.717) is 6.54 Å². The first-order valence-electron chi connectivity index (χ1n) is 9.54. The minimum Gasteiger partial charge on any atom is -0.352 e. The van der Waals surface area contributed by atoms with Crippen LogP contribution >= 0.6 is 12.4 Å². The predicted octanol–water partition coefficient (Wildman–Crippen LogP) is 5.68. The number of rotatable bonds is 5. The summed E-state index contributed by atoms with van der Waals surface area (Å²) < 4.78 is 14.0. The summed E-state index contributed by atoms with van der Waals surface area (Å²) >= 11 is 0. The second kappa shape index (κ2) is 9.51. The van der Waals surface area contributed by atoms with Gasteiger partial charge < -0.3 is 5.32 Å². The number of aromatic nitrogens is 1. The Balaban J connectivity index is 0.00000256. The zero-order valence-corrected chi connectivity index (χ0v) is 17.4. The van der Waals surface area contributed by atoms with Crippen LogP contribution in [-0.4, -0.2) is 10.9 Å². The lowest BCUT2D eigenvalue weighted by Gasteiger charge is -2.08. The highest BCUT2D eigenvalue weighted by Crippen LogP contribution is 2.43. The number of nitrogens with one attached hydrogen (secondary N) is 1. The molecule has 1 aliphatic rings. The Morgan fingerprint density at radius 2 is 1.77 bits per heavy atom. The topological polar surface area (TPSA) is 42.0 Å². The minimum atomic E-state index is -0.302. The van der Waals surface area contributed by atoms with Crippen molar-refractivity contribution in [2.75, 3.05) is 0 Å². The van der Waals surface area contributed by atoms with Crippen molar-refractivity contribution in [3.8, 4) is 0 Å². The Morgan fingerprint density at radius 1 is 1.03 bits per heavy atom. The summed E-state index contributed by atoms with van der Waals surface area (Å²) in [5.74, 6) is -0.382. The highest BCUT2D eigenvalue weighted by atomic mass is 35.5. The maximum Gasteiger partial charge on any atom is 0.224 e. The van der Waals surface area contributed by atoms with E-state index in [2.05, 4.69) is 16.4 Å². The lowest BCUT2D eigenvalue weighted by atomic mass is 10.0. The van der Waals surface area contributed by atoms with Gasteiger partial charge in [0.2, 0.25) is 5.91 Å². The van der Waals surface area contributed by atoms with E-state index in [1.54, 1.807) is 18.5 Å². The van der Waals surface area contributed by atoms with Gasteiger partial charge in [-0.15, -0.1) is 12.4 Å². The van der Waals surface area contributed by atoms with Gasteiger partial charge in [0.1, 0.15) is 5.82 Å². The number of hydrogen-bond donors (Lipinski definition) is 1. The third-order valence-corrected chi connectivity index (χ3v) is 5.14. The minimum absolute atomic E-state index is 0. The van der Waals surface area contributed by atoms with Crippen LogP contribution in [0.3, 0.4) is 0 Å². The van der Waals surface area contributed by atoms with Crippen molar-refractivity contribution in [2.24, 2.45) is 0 Å². The maximum atomic E-state index is 14.0. The molecule has 0 saturated heterocycles. The first kappa shape index (κ1) is 21.5. The van der Waals surface area contributed by atoms with Crippen LogP contribution in [0.15, 0.2) is 78.6 Å². The second-order valence-corrected chi connectivity index (χ2v) is 7.07. The number of carbonyl (C=O) groups excluding carboxylic acids is 1. The molecule has 1 aromatic heterocycles. The first-order chi connectivity index (χ1) is 14.1. The zero-order chi connectivity index (χ0) is 20.2. The van der Waals surface area contributed by atoms with E-state index >= 15 is 0 Å². The first-order valence-corrected chi connectivity index (χ1v) is 9.54. The number of halogens is 2. The number of benzene rings is 2. The standard InChI is InChI=1S/C25H21FN2O.ClH/c1-17-22(13-18-9-11-27-12-10-18)21-8-7-20(26)14-24(21)23(17)15-25(29)28-16-19-5-3-2-4-6-19;/h2-14H,15-16H2,1H3,(H,28,29);1H/b22-13-;. The molecule has 152 valence electrons. The van der Waals surface area contributed by atoms with E-state index in [0.717, 1.165) is 39.0 Å². The van der Waals surface area contributed by atoms with Gasteiger partial charge in [0.15, 0.2) is 0 Å². The van der Waals surface area contributed by atoms with Crippen LogP contribution in [0.2, 0.25) is 0 Å². The Bertz CT molecular complexity index is 1110. The maximum absolute atomic E-state index is 14.0. The van der Waals surface area contributed by atoms with Gasteiger partial charge in [0.05, 0.1) is 6.42 Å². The molecule has 5 heteroatoms. The van der Waals surface area contributed by atoms with Crippen LogP contribution in [0, 0.1) is 5.82 Å². The molecule has 1 aliphatic carbocycles. The van der Waals surface area contributed by atoms with Crippen LogP contribution in [0.4, 0.5) is 4.39 Å². The zero-order valence-electron chi connectivity index (χ0n) is 16.6. The summed E-state index contributed by atoms with van der Waals surface area (Å²) in [5.41, 5.74) is 6.67. The third kappa shape index (κ3) is 4.66. The molecule has 30 heavy (non-hydrogen) atoms. The molecule has 3 aromatic rings. The van der Waals surface area contributed by atoms with Crippen molar-refractivity contribution >= 4 is 35.5 Å². The molecule has 0 fully saturated rings. The van der Waals surface area contributed by atoms with Crippen LogP contribution in [-0.2, 0) is 11.3 Å². The normalized spacial score (nSPS) is 13.7. The van der Waals surface area contributed by atoms with Crippen molar-refractivity contribution in [2.45, 2.75) is 19.9 Å². The number of carbonyl (C=O) groups is 1. The number of pyridine rings is 1. The van der Waals surface area contributed by atoms with Gasteiger partial charge in [0, 0.05) is 18.9 Å². The molecule has 0 spiro atoms. The lowest BCUT2D eigenvalue weighted by molar-refractivity contribution is -0.120. The molecule has 0 aliphatic heterocycles. The van der Waals surface area contributed by atoms with E-state index in [1.807, 2.05) is 49.4 Å². The summed E-state index contributed by atoms with van der Waals surface area (Å²) in [4.78, 5) is 16.7. The van der Waals surface area contributed by atoms with Gasteiger partial charge in [-0.2, -0.15) is 0 Å². The second-order valence-electron chi connectivity index (χ2n) is 7.07. The van der Waals surface area contributed by atoms with E-state index in [4.69, 9.17) is 0 Å². The van der Waals surface area contributed by atoms with Gasteiger partial charge in [-0.1, -0.05) is 36.4 Å². The van der Waals surface area contributed by atoms with Crippen LogP contribution in [0.25, 0.3) is 17.2 Å². The Hall–Kier alpha value is -3.24. The van der Waals surface area contributed by atoms with Crippen molar-refractivity contribution in [3.05, 3.63) is 107 Å². The van der Waals surface area contributed by atoms with Crippen molar-refractivity contribution in [1.82, 2.24) is 10.3 Å². The summed E-state index contributed by atoms with van der Waals surface area (Å²) in [6.45, 7) is 2.46. The molecule has 0 saturated carbocycles. The smallest absolute Gasteiger partial charge is 0.224 e.